The predicted octanol–water partition coefficient (Wildman–Crippen LogP) is 0.785. The highest BCUT2D eigenvalue weighted by Crippen LogP contribution is 2.04. The first-order valence-electron chi connectivity index (χ1n) is 2.92. The van der Waals surface area contributed by atoms with E-state index in [1.54, 1.807) is 19.1 Å². The predicted molar refractivity (Wildman–Crippen MR) is 38.8 cm³/mol. The number of aryl methyl sites for hydroxylation is 1. The van der Waals surface area contributed by atoms with Gasteiger partial charge in [-0.3, -0.25) is 4.79 Å². The van der Waals surface area contributed by atoms with Crippen LogP contribution in [-0.2, 0) is 0 Å². The fourth-order valence-corrected chi connectivity index (χ4v) is 0.716. The summed E-state index contributed by atoms with van der Waals surface area (Å²) in [6.45, 7) is 1.75. The van der Waals surface area contributed by atoms with Crippen molar-refractivity contribution in [2.24, 2.45) is 0 Å². The Morgan fingerprint density at radius 2 is 2.30 bits per heavy atom. The molecule has 0 aromatic carbocycles. The topological polar surface area (TPSA) is 56.0 Å². The minimum Gasteiger partial charge on any atom is -0.384 e. The van der Waals surface area contributed by atoms with Crippen molar-refractivity contribution in [3.05, 3.63) is 23.4 Å². The van der Waals surface area contributed by atoms with Gasteiger partial charge in [-0.1, -0.05) is 0 Å². The van der Waals surface area contributed by atoms with Gasteiger partial charge < -0.3 is 5.73 Å². The quantitative estimate of drug-likeness (QED) is 0.580. The van der Waals surface area contributed by atoms with Crippen molar-refractivity contribution in [1.29, 1.82) is 0 Å². The van der Waals surface area contributed by atoms with E-state index in [1.807, 2.05) is 0 Å². The molecule has 0 bridgehead atoms. The molecule has 3 nitrogen and oxygen atoms in total. The summed E-state index contributed by atoms with van der Waals surface area (Å²) in [6.07, 6.45) is 0.766. The molecule has 1 rings (SSSR count). The van der Waals surface area contributed by atoms with Gasteiger partial charge in [0.05, 0.1) is 5.69 Å². The third kappa shape index (κ3) is 1.13. The number of hydrogen-bond donors (Lipinski definition) is 1. The second kappa shape index (κ2) is 2.47. The molecule has 0 amide bonds. The molecular formula is C7H8N2O. The number of carbonyl (C=O) groups is 1. The Morgan fingerprint density at radius 3 is 2.80 bits per heavy atom. The van der Waals surface area contributed by atoms with Gasteiger partial charge in [-0.15, -0.1) is 0 Å². The Morgan fingerprint density at radius 1 is 1.60 bits per heavy atom. The van der Waals surface area contributed by atoms with Crippen molar-refractivity contribution in [2.45, 2.75) is 6.92 Å². The van der Waals surface area contributed by atoms with Crippen LogP contribution in [0.4, 0.5) is 5.82 Å². The van der Waals surface area contributed by atoms with Crippen LogP contribution < -0.4 is 5.73 Å². The maximum Gasteiger partial charge on any atom is 0.151 e. The number of carbonyl (C=O) groups excluding carboxylic acids is 1. The molecule has 10 heavy (non-hydrogen) atoms. The molecule has 3 heteroatoms. The van der Waals surface area contributed by atoms with Crippen LogP contribution in [0, 0.1) is 6.92 Å². The molecule has 1 aromatic heterocycles. The molecule has 0 radical (unpaired) electrons. The molecule has 0 spiro atoms. The first-order chi connectivity index (χ1) is 4.74. The van der Waals surface area contributed by atoms with Gasteiger partial charge in [-0.25, -0.2) is 4.98 Å². The fourth-order valence-electron chi connectivity index (χ4n) is 0.716. The van der Waals surface area contributed by atoms with E-state index in [0.29, 0.717) is 17.1 Å². The van der Waals surface area contributed by atoms with E-state index in [2.05, 4.69) is 4.98 Å². The van der Waals surface area contributed by atoms with E-state index in [0.717, 1.165) is 6.29 Å². The standard InChI is InChI=1S/C7H8N2O/c1-5-6(4-10)2-3-7(8)9-5/h2-4H,1H3,(H2,8,9). The van der Waals surface area contributed by atoms with Gasteiger partial charge in [0.1, 0.15) is 5.82 Å². The summed E-state index contributed by atoms with van der Waals surface area (Å²) in [7, 11) is 0. The Labute approximate surface area is 58.9 Å². The van der Waals surface area contributed by atoms with Crippen LogP contribution in [0.5, 0.6) is 0 Å². The SMILES string of the molecule is Cc1nc(N)ccc1C=O. The highest BCUT2D eigenvalue weighted by atomic mass is 16.1. The summed E-state index contributed by atoms with van der Waals surface area (Å²) in [5, 5.41) is 0. The number of rotatable bonds is 1. The summed E-state index contributed by atoms with van der Waals surface area (Å²) >= 11 is 0. The zero-order valence-corrected chi connectivity index (χ0v) is 5.66. The van der Waals surface area contributed by atoms with Crippen LogP contribution in [-0.4, -0.2) is 11.3 Å². The number of hydrogen-bond acceptors (Lipinski definition) is 3. The molecule has 0 aliphatic rings. The van der Waals surface area contributed by atoms with Gasteiger partial charge in [0, 0.05) is 5.56 Å². The number of nitrogen functional groups attached to an aromatic ring is 1. The fraction of sp³-hybridized carbons (Fsp3) is 0.143. The number of nitrogens with two attached hydrogens (primary N) is 1. The third-order valence-electron chi connectivity index (χ3n) is 1.28. The number of pyridine rings is 1. The van der Waals surface area contributed by atoms with Crippen molar-refractivity contribution in [2.75, 3.05) is 5.73 Å². The number of anilines is 1. The Hall–Kier alpha value is -1.38. The number of aldehydes is 1. The molecule has 0 unspecified atom stereocenters. The Balaban J connectivity index is 3.19. The van der Waals surface area contributed by atoms with Crippen LogP contribution in [0.3, 0.4) is 0 Å². The van der Waals surface area contributed by atoms with E-state index in [1.165, 1.54) is 0 Å². The third-order valence-corrected chi connectivity index (χ3v) is 1.28. The van der Waals surface area contributed by atoms with Crippen molar-refractivity contribution in [3.63, 3.8) is 0 Å². The van der Waals surface area contributed by atoms with E-state index in [-0.39, 0.29) is 0 Å². The summed E-state index contributed by atoms with van der Waals surface area (Å²) in [5.74, 6) is 0.447. The Kier molecular flexibility index (Phi) is 1.67. The average molecular weight is 136 g/mol. The second-order valence-corrected chi connectivity index (χ2v) is 2.03. The lowest BCUT2D eigenvalue weighted by atomic mass is 10.2. The zero-order valence-electron chi connectivity index (χ0n) is 5.66. The molecular weight excluding hydrogens is 128 g/mol. The normalized spacial score (nSPS) is 9.30. The highest BCUT2D eigenvalue weighted by molar-refractivity contribution is 5.76. The maximum absolute atomic E-state index is 10.3. The molecule has 0 saturated heterocycles. The van der Waals surface area contributed by atoms with Crippen molar-refractivity contribution < 1.29 is 4.79 Å². The van der Waals surface area contributed by atoms with Crippen LogP contribution in [0.2, 0.25) is 0 Å². The molecule has 1 heterocycles. The van der Waals surface area contributed by atoms with Crippen molar-refractivity contribution >= 4 is 12.1 Å². The first kappa shape index (κ1) is 6.74. The largest absolute Gasteiger partial charge is 0.384 e. The van der Waals surface area contributed by atoms with Gasteiger partial charge in [0.25, 0.3) is 0 Å². The van der Waals surface area contributed by atoms with Crippen LogP contribution >= 0.6 is 0 Å². The van der Waals surface area contributed by atoms with Gasteiger partial charge in [-0.05, 0) is 19.1 Å². The maximum atomic E-state index is 10.3. The van der Waals surface area contributed by atoms with Gasteiger partial charge in [0.2, 0.25) is 0 Å². The Bertz CT molecular complexity index is 258. The summed E-state index contributed by atoms with van der Waals surface area (Å²) < 4.78 is 0. The smallest absolute Gasteiger partial charge is 0.151 e. The molecule has 1 aromatic rings. The first-order valence-corrected chi connectivity index (χ1v) is 2.92. The lowest BCUT2D eigenvalue weighted by molar-refractivity contribution is 0.112. The molecule has 0 fully saturated rings. The van der Waals surface area contributed by atoms with E-state index in [9.17, 15) is 4.79 Å². The zero-order chi connectivity index (χ0) is 7.56. The summed E-state index contributed by atoms with van der Waals surface area (Å²) in [5.41, 5.74) is 6.62. The summed E-state index contributed by atoms with van der Waals surface area (Å²) in [4.78, 5) is 14.1. The van der Waals surface area contributed by atoms with Crippen LogP contribution in [0.15, 0.2) is 12.1 Å². The number of aromatic nitrogens is 1. The molecule has 52 valence electrons. The minimum atomic E-state index is 0.447. The van der Waals surface area contributed by atoms with E-state index < -0.39 is 0 Å². The van der Waals surface area contributed by atoms with E-state index in [4.69, 9.17) is 5.73 Å². The van der Waals surface area contributed by atoms with Crippen LogP contribution in [0.25, 0.3) is 0 Å². The molecule has 0 atom stereocenters. The second-order valence-electron chi connectivity index (χ2n) is 2.03. The average Bonchev–Trinajstić information content (AvgIpc) is 1.88. The lowest BCUT2D eigenvalue weighted by Gasteiger charge is -1.96. The molecule has 2 N–H and O–H groups in total. The van der Waals surface area contributed by atoms with Gasteiger partial charge in [-0.2, -0.15) is 0 Å². The highest BCUT2D eigenvalue weighted by Gasteiger charge is 1.95. The number of nitrogens with zero attached hydrogens (tertiary/aromatic N) is 1. The minimum absolute atomic E-state index is 0.447. The van der Waals surface area contributed by atoms with Crippen molar-refractivity contribution in [1.82, 2.24) is 4.98 Å². The molecule has 0 saturated carbocycles. The van der Waals surface area contributed by atoms with E-state index >= 15 is 0 Å². The van der Waals surface area contributed by atoms with Crippen LogP contribution in [0.1, 0.15) is 16.1 Å². The monoisotopic (exact) mass is 136 g/mol. The molecule has 0 aliphatic heterocycles. The summed E-state index contributed by atoms with van der Waals surface area (Å²) in [6, 6.07) is 3.27. The van der Waals surface area contributed by atoms with Crippen molar-refractivity contribution in [3.8, 4) is 0 Å². The van der Waals surface area contributed by atoms with Gasteiger partial charge >= 0.3 is 0 Å². The lowest BCUT2D eigenvalue weighted by Crippen LogP contribution is -1.95. The molecule has 0 aliphatic carbocycles. The van der Waals surface area contributed by atoms with Gasteiger partial charge in [0.15, 0.2) is 6.29 Å².